The summed E-state index contributed by atoms with van der Waals surface area (Å²) >= 11 is 0. The first-order valence-corrected chi connectivity index (χ1v) is 6.25. The third kappa shape index (κ3) is 3.27. The number of aliphatic hydroxyl groups is 1. The number of likely N-dealkylation sites (tertiary alicyclic amines) is 1. The summed E-state index contributed by atoms with van der Waals surface area (Å²) < 4.78 is 13.9. The molecule has 1 aliphatic rings. The highest BCUT2D eigenvalue weighted by molar-refractivity contribution is 5.36. The van der Waals surface area contributed by atoms with Crippen molar-refractivity contribution < 1.29 is 14.4 Å². The van der Waals surface area contributed by atoms with E-state index in [2.05, 4.69) is 0 Å². The Bertz CT molecular complexity index is 481. The van der Waals surface area contributed by atoms with Crippen molar-refractivity contribution in [2.45, 2.75) is 31.9 Å². The van der Waals surface area contributed by atoms with Gasteiger partial charge in [-0.2, -0.15) is 4.39 Å². The summed E-state index contributed by atoms with van der Waals surface area (Å²) in [7, 11) is 0. The molecule has 1 N–H and O–H groups in total. The molecule has 19 heavy (non-hydrogen) atoms. The Morgan fingerprint density at radius 2 is 2.11 bits per heavy atom. The van der Waals surface area contributed by atoms with E-state index in [0.717, 1.165) is 0 Å². The summed E-state index contributed by atoms with van der Waals surface area (Å²) in [6.45, 7) is 3.45. The fourth-order valence-electron chi connectivity index (χ4n) is 2.26. The minimum Gasteiger partial charge on any atom is -0.390 e. The van der Waals surface area contributed by atoms with E-state index in [1.165, 1.54) is 12.1 Å². The first kappa shape index (κ1) is 13.9. The zero-order valence-corrected chi connectivity index (χ0v) is 10.8. The quantitative estimate of drug-likeness (QED) is 0.673. The Balaban J connectivity index is 2.08. The molecule has 0 spiro atoms. The van der Waals surface area contributed by atoms with Gasteiger partial charge >= 0.3 is 5.69 Å². The van der Waals surface area contributed by atoms with Crippen LogP contribution < -0.4 is 0 Å². The number of halogens is 1. The van der Waals surface area contributed by atoms with Gasteiger partial charge in [0.15, 0.2) is 0 Å². The number of nitro benzene ring substituents is 1. The second-order valence-electron chi connectivity index (χ2n) is 5.28. The molecule has 1 aliphatic heterocycles. The van der Waals surface area contributed by atoms with Crippen molar-refractivity contribution >= 4 is 5.69 Å². The van der Waals surface area contributed by atoms with E-state index >= 15 is 0 Å². The summed E-state index contributed by atoms with van der Waals surface area (Å²) in [5, 5.41) is 20.5. The number of nitro groups is 1. The van der Waals surface area contributed by atoms with Crippen LogP contribution in [0.15, 0.2) is 18.2 Å². The molecule has 5 nitrogen and oxygen atoms in total. The van der Waals surface area contributed by atoms with Gasteiger partial charge in [-0.05, 0) is 19.8 Å². The van der Waals surface area contributed by atoms with Crippen LogP contribution in [0.1, 0.15) is 25.3 Å². The van der Waals surface area contributed by atoms with Crippen molar-refractivity contribution in [1.82, 2.24) is 4.90 Å². The van der Waals surface area contributed by atoms with Gasteiger partial charge in [-0.15, -0.1) is 0 Å². The average molecular weight is 268 g/mol. The number of hydrogen-bond acceptors (Lipinski definition) is 4. The number of benzene rings is 1. The molecular formula is C13H17FN2O3. The number of hydrogen-bond donors (Lipinski definition) is 1. The molecule has 0 unspecified atom stereocenters. The Labute approximate surface area is 110 Å². The third-order valence-electron chi connectivity index (χ3n) is 3.58. The molecule has 1 aromatic carbocycles. The number of nitrogens with zero attached hydrogens (tertiary/aromatic N) is 2. The van der Waals surface area contributed by atoms with Crippen LogP contribution in [0.4, 0.5) is 10.1 Å². The van der Waals surface area contributed by atoms with Crippen molar-refractivity contribution in [2.24, 2.45) is 0 Å². The normalized spacial score (nSPS) is 19.3. The largest absolute Gasteiger partial charge is 0.390 e. The van der Waals surface area contributed by atoms with E-state index in [4.69, 9.17) is 0 Å². The Morgan fingerprint density at radius 3 is 2.68 bits per heavy atom. The molecule has 0 aromatic heterocycles. The van der Waals surface area contributed by atoms with Crippen molar-refractivity contribution in [1.29, 1.82) is 0 Å². The Morgan fingerprint density at radius 1 is 1.47 bits per heavy atom. The van der Waals surface area contributed by atoms with Gasteiger partial charge < -0.3 is 5.11 Å². The Kier molecular flexibility index (Phi) is 3.82. The molecule has 1 fully saturated rings. The highest BCUT2D eigenvalue weighted by atomic mass is 19.1. The molecule has 0 radical (unpaired) electrons. The van der Waals surface area contributed by atoms with Crippen LogP contribution in [0.3, 0.4) is 0 Å². The molecule has 0 atom stereocenters. The second-order valence-corrected chi connectivity index (χ2v) is 5.28. The lowest BCUT2D eigenvalue weighted by atomic mass is 9.93. The van der Waals surface area contributed by atoms with Gasteiger partial charge in [0.1, 0.15) is 0 Å². The SMILES string of the molecule is CC1(O)CCN(Cc2cccc([N+](=O)[O-])c2F)CC1. The molecule has 2 rings (SSSR count). The van der Waals surface area contributed by atoms with Crippen molar-refractivity contribution in [3.63, 3.8) is 0 Å². The van der Waals surface area contributed by atoms with Gasteiger partial charge in [0.05, 0.1) is 10.5 Å². The molecule has 0 aliphatic carbocycles. The lowest BCUT2D eigenvalue weighted by Gasteiger charge is -2.35. The monoisotopic (exact) mass is 268 g/mol. The van der Waals surface area contributed by atoms with E-state index in [-0.39, 0.29) is 0 Å². The maximum atomic E-state index is 13.9. The van der Waals surface area contributed by atoms with E-state index in [0.29, 0.717) is 38.0 Å². The summed E-state index contributed by atoms with van der Waals surface area (Å²) in [6, 6.07) is 4.23. The van der Waals surface area contributed by atoms with Gasteiger partial charge in [-0.3, -0.25) is 15.0 Å². The molecule has 0 bridgehead atoms. The van der Waals surface area contributed by atoms with Gasteiger partial charge in [0, 0.05) is 31.3 Å². The molecule has 6 heteroatoms. The topological polar surface area (TPSA) is 66.6 Å². The predicted octanol–water partition coefficient (Wildman–Crippen LogP) is 2.08. The maximum Gasteiger partial charge on any atom is 0.305 e. The lowest BCUT2D eigenvalue weighted by molar-refractivity contribution is -0.387. The zero-order chi connectivity index (χ0) is 14.0. The van der Waals surface area contributed by atoms with Crippen molar-refractivity contribution in [3.8, 4) is 0 Å². The van der Waals surface area contributed by atoms with Gasteiger partial charge in [-0.1, -0.05) is 12.1 Å². The van der Waals surface area contributed by atoms with Crippen LogP contribution in [0.2, 0.25) is 0 Å². The first-order valence-electron chi connectivity index (χ1n) is 6.25. The van der Waals surface area contributed by atoms with Crippen molar-refractivity contribution in [2.75, 3.05) is 13.1 Å². The van der Waals surface area contributed by atoms with Crippen LogP contribution >= 0.6 is 0 Å². The first-order chi connectivity index (χ1) is 8.89. The van der Waals surface area contributed by atoms with Crippen LogP contribution in [-0.4, -0.2) is 33.6 Å². The van der Waals surface area contributed by atoms with E-state index < -0.39 is 22.0 Å². The molecule has 0 saturated carbocycles. The van der Waals surface area contributed by atoms with E-state index in [1.54, 1.807) is 13.0 Å². The average Bonchev–Trinajstić information content (AvgIpc) is 2.34. The highest BCUT2D eigenvalue weighted by Crippen LogP contribution is 2.25. The molecule has 0 amide bonds. The number of rotatable bonds is 3. The lowest BCUT2D eigenvalue weighted by Crippen LogP contribution is -2.42. The third-order valence-corrected chi connectivity index (χ3v) is 3.58. The molecule has 1 heterocycles. The van der Waals surface area contributed by atoms with Gasteiger partial charge in [0.2, 0.25) is 5.82 Å². The summed E-state index contributed by atoms with van der Waals surface area (Å²) in [4.78, 5) is 12.0. The minimum atomic E-state index is -0.759. The van der Waals surface area contributed by atoms with E-state index in [1.807, 2.05) is 4.90 Å². The van der Waals surface area contributed by atoms with Gasteiger partial charge in [-0.25, -0.2) is 0 Å². The second kappa shape index (κ2) is 5.22. The van der Waals surface area contributed by atoms with Gasteiger partial charge in [0.25, 0.3) is 0 Å². The number of piperidine rings is 1. The summed E-state index contributed by atoms with van der Waals surface area (Å²) in [5.41, 5.74) is -0.810. The zero-order valence-electron chi connectivity index (χ0n) is 10.8. The Hall–Kier alpha value is -1.53. The van der Waals surface area contributed by atoms with Crippen LogP contribution in [0, 0.1) is 15.9 Å². The smallest absolute Gasteiger partial charge is 0.305 e. The highest BCUT2D eigenvalue weighted by Gasteiger charge is 2.28. The molecular weight excluding hydrogens is 251 g/mol. The summed E-state index contributed by atoms with van der Waals surface area (Å²) in [6.07, 6.45) is 1.26. The fourth-order valence-corrected chi connectivity index (χ4v) is 2.26. The fraction of sp³-hybridized carbons (Fsp3) is 0.538. The molecule has 1 saturated heterocycles. The minimum absolute atomic E-state index is 0.329. The van der Waals surface area contributed by atoms with Crippen LogP contribution in [0.25, 0.3) is 0 Å². The summed E-state index contributed by atoms with van der Waals surface area (Å²) in [5.74, 6) is -0.759. The van der Waals surface area contributed by atoms with E-state index in [9.17, 15) is 19.6 Å². The molecule has 1 aromatic rings. The van der Waals surface area contributed by atoms with Crippen LogP contribution in [0.5, 0.6) is 0 Å². The van der Waals surface area contributed by atoms with Crippen LogP contribution in [-0.2, 0) is 6.54 Å². The maximum absolute atomic E-state index is 13.9. The molecule has 104 valence electrons. The predicted molar refractivity (Wildman–Crippen MR) is 68.2 cm³/mol. The van der Waals surface area contributed by atoms with Crippen molar-refractivity contribution in [3.05, 3.63) is 39.7 Å². The standard InChI is InChI=1S/C13H17FN2O3/c1-13(17)5-7-15(8-6-13)9-10-3-2-4-11(12(10)14)16(18)19/h2-4,17H,5-9H2,1H3.